The molecule has 0 aliphatic heterocycles. The first-order chi connectivity index (χ1) is 13.8. The molecule has 2 N–H and O–H groups in total. The predicted molar refractivity (Wildman–Crippen MR) is 97.8 cm³/mol. The van der Waals surface area contributed by atoms with Gasteiger partial charge in [-0.1, -0.05) is 6.08 Å². The lowest BCUT2D eigenvalue weighted by Gasteiger charge is -2.11. The number of hydrogen-bond donors (Lipinski definition) is 2. The number of hydrogen-bond acceptors (Lipinski definition) is 3. The predicted octanol–water partition coefficient (Wildman–Crippen LogP) is 1.79. The second-order valence-electron chi connectivity index (χ2n) is 7.85. The number of nitrogens with zero attached hydrogens (tertiary/aromatic N) is 1. The van der Waals surface area contributed by atoms with E-state index in [1.54, 1.807) is 0 Å². The lowest BCUT2D eigenvalue weighted by atomic mass is 10.1. The highest BCUT2D eigenvalue weighted by Gasteiger charge is 2.74. The summed E-state index contributed by atoms with van der Waals surface area (Å²) < 4.78 is 54.6. The Morgan fingerprint density at radius 3 is 2.33 bits per heavy atom. The Morgan fingerprint density at radius 1 is 1.20 bits per heavy atom. The average molecular weight is 423 g/mol. The molecule has 0 spiro atoms. The first kappa shape index (κ1) is 20.3. The van der Waals surface area contributed by atoms with Gasteiger partial charge < -0.3 is 10.2 Å². The summed E-state index contributed by atoms with van der Waals surface area (Å²) in [5.74, 6) is -2.75. The topological polar surface area (TPSA) is 79.5 Å². The molecule has 9 heteroatoms. The van der Waals surface area contributed by atoms with Gasteiger partial charge in [-0.2, -0.15) is 13.2 Å². The molecular weight excluding hydrogens is 406 g/mol. The molecule has 2 aliphatic rings. The van der Waals surface area contributed by atoms with Crippen LogP contribution in [0.4, 0.5) is 17.6 Å². The fourth-order valence-corrected chi connectivity index (χ4v) is 4.19. The van der Waals surface area contributed by atoms with Crippen molar-refractivity contribution in [1.29, 1.82) is 0 Å². The first-order valence-electron chi connectivity index (χ1n) is 9.09. The molecule has 1 heterocycles. The molecular formula is C21H17F4NO4. The van der Waals surface area contributed by atoms with E-state index >= 15 is 4.39 Å². The quantitative estimate of drug-likeness (QED) is 0.738. The number of fused-ring (bicyclic) bond motifs is 2. The zero-order valence-electron chi connectivity index (χ0n) is 15.9. The zero-order valence-corrected chi connectivity index (χ0v) is 15.9. The van der Waals surface area contributed by atoms with E-state index in [0.29, 0.717) is 10.8 Å². The molecule has 3 unspecified atom stereocenters. The van der Waals surface area contributed by atoms with Crippen LogP contribution in [-0.2, 0) is 17.4 Å². The minimum absolute atomic E-state index is 0.0724. The van der Waals surface area contributed by atoms with Crippen molar-refractivity contribution in [2.45, 2.75) is 37.7 Å². The number of aliphatic hydroxyl groups is 1. The van der Waals surface area contributed by atoms with Gasteiger partial charge in [0.15, 0.2) is 5.67 Å². The maximum atomic E-state index is 15.1. The Morgan fingerprint density at radius 2 is 1.80 bits per heavy atom. The number of rotatable bonds is 3. The molecule has 2 aromatic rings. The number of benzene rings is 1. The van der Waals surface area contributed by atoms with Crippen LogP contribution in [0.3, 0.4) is 0 Å². The normalized spacial score (nSPS) is 26.8. The van der Waals surface area contributed by atoms with Crippen LogP contribution in [-0.4, -0.2) is 37.9 Å². The van der Waals surface area contributed by atoms with Gasteiger partial charge in [0.05, 0.1) is 23.3 Å². The highest BCUT2D eigenvalue weighted by atomic mass is 19.4. The van der Waals surface area contributed by atoms with Crippen molar-refractivity contribution in [1.82, 2.24) is 4.57 Å². The lowest BCUT2D eigenvalue weighted by molar-refractivity contribution is -0.138. The summed E-state index contributed by atoms with van der Waals surface area (Å²) in [5.41, 5.74) is -4.25. The van der Waals surface area contributed by atoms with Crippen molar-refractivity contribution >= 4 is 24.0 Å². The van der Waals surface area contributed by atoms with Gasteiger partial charge in [0, 0.05) is 16.5 Å². The highest BCUT2D eigenvalue weighted by Crippen LogP contribution is 2.60. The molecule has 5 nitrogen and oxygen atoms in total. The van der Waals surface area contributed by atoms with Gasteiger partial charge in [-0.3, -0.25) is 14.2 Å². The van der Waals surface area contributed by atoms with Crippen LogP contribution < -0.4 is 10.6 Å². The summed E-state index contributed by atoms with van der Waals surface area (Å²) in [6.07, 6.45) is -2.46. The van der Waals surface area contributed by atoms with E-state index in [1.165, 1.54) is 19.9 Å². The Hall–Kier alpha value is -2.94. The highest BCUT2D eigenvalue weighted by molar-refractivity contribution is 5.97. The Balaban J connectivity index is 1.89. The number of aliphatic carboxylic acids is 1. The molecule has 30 heavy (non-hydrogen) atoms. The first-order valence-corrected chi connectivity index (χ1v) is 9.09. The van der Waals surface area contributed by atoms with E-state index in [0.717, 1.165) is 34.9 Å². The number of aromatic nitrogens is 1. The minimum atomic E-state index is -4.56. The molecule has 158 valence electrons. The number of carboxylic acids is 1. The molecule has 0 bridgehead atoms. The van der Waals surface area contributed by atoms with Crippen molar-refractivity contribution in [3.63, 3.8) is 0 Å². The summed E-state index contributed by atoms with van der Waals surface area (Å²) in [4.78, 5) is 24.4. The Labute approximate surface area is 167 Å². The van der Waals surface area contributed by atoms with E-state index in [4.69, 9.17) is 0 Å². The molecule has 3 atom stereocenters. The zero-order chi connectivity index (χ0) is 22.2. The van der Waals surface area contributed by atoms with Crippen LogP contribution in [0.1, 0.15) is 34.1 Å². The van der Waals surface area contributed by atoms with Crippen molar-refractivity contribution < 1.29 is 37.4 Å². The summed E-state index contributed by atoms with van der Waals surface area (Å²) >= 11 is 0. The summed E-state index contributed by atoms with van der Waals surface area (Å²) in [5, 5.41) is 20.0. The van der Waals surface area contributed by atoms with Crippen molar-refractivity contribution in [3.8, 4) is 0 Å². The van der Waals surface area contributed by atoms with Crippen LogP contribution in [0.15, 0.2) is 24.3 Å². The van der Waals surface area contributed by atoms with Crippen molar-refractivity contribution in [3.05, 3.63) is 57.2 Å². The molecule has 4 rings (SSSR count). The number of carbonyl (C=O) groups is 2. The van der Waals surface area contributed by atoms with Gasteiger partial charge in [-0.05, 0) is 49.8 Å². The molecule has 2 aliphatic carbocycles. The monoisotopic (exact) mass is 423 g/mol. The fraction of sp³-hybridized carbons (Fsp3) is 0.333. The molecule has 0 saturated heterocycles. The third-order valence-electron chi connectivity index (χ3n) is 6.04. The van der Waals surface area contributed by atoms with E-state index < -0.39 is 47.2 Å². The SMILES string of the molecule is Cc1c(CC(=O)O)c2c(n1C(=O)c1ccc(C(F)(F)F)cc1)=CC1(F)C(C=2)C1(C)O. The third-order valence-corrected chi connectivity index (χ3v) is 6.04. The van der Waals surface area contributed by atoms with E-state index in [9.17, 15) is 33.0 Å². The third kappa shape index (κ3) is 2.72. The van der Waals surface area contributed by atoms with E-state index in [1.807, 2.05) is 0 Å². The standard InChI is InChI=1S/C21H17F4NO4/c1-10-13(8-17(27)28)14-7-16-19(2,30)20(16,22)9-15(14)26(10)18(29)11-3-5-12(6-4-11)21(23,24)25/h3-7,9,16,30H,8H2,1-2H3,(H,27,28). The van der Waals surface area contributed by atoms with Gasteiger partial charge in [0.1, 0.15) is 5.60 Å². The smallest absolute Gasteiger partial charge is 0.416 e. The number of carbonyl (C=O) groups excluding carboxylic acids is 1. The molecule has 1 aromatic heterocycles. The maximum Gasteiger partial charge on any atom is 0.416 e. The van der Waals surface area contributed by atoms with Gasteiger partial charge in [-0.15, -0.1) is 0 Å². The largest absolute Gasteiger partial charge is 0.481 e. The van der Waals surface area contributed by atoms with Gasteiger partial charge >= 0.3 is 12.1 Å². The lowest BCUT2D eigenvalue weighted by Crippen LogP contribution is -2.38. The number of alkyl halides is 4. The second-order valence-corrected chi connectivity index (χ2v) is 7.85. The molecule has 0 radical (unpaired) electrons. The summed E-state index contributed by atoms with van der Waals surface area (Å²) in [7, 11) is 0. The van der Waals surface area contributed by atoms with Gasteiger partial charge in [0.25, 0.3) is 5.91 Å². The summed E-state index contributed by atoms with van der Waals surface area (Å²) in [6.45, 7) is 2.80. The fourth-order valence-electron chi connectivity index (χ4n) is 4.19. The van der Waals surface area contributed by atoms with Gasteiger partial charge in [0.2, 0.25) is 0 Å². The number of carboxylic acid groups (broad SMARTS) is 1. The molecule has 1 aromatic carbocycles. The van der Waals surface area contributed by atoms with Crippen LogP contribution in [0.2, 0.25) is 0 Å². The minimum Gasteiger partial charge on any atom is -0.481 e. The van der Waals surface area contributed by atoms with Crippen LogP contribution in [0.25, 0.3) is 12.2 Å². The van der Waals surface area contributed by atoms with Gasteiger partial charge in [-0.25, -0.2) is 4.39 Å². The Bertz CT molecular complexity index is 1210. The average Bonchev–Trinajstić information content (AvgIpc) is 2.94. The van der Waals surface area contributed by atoms with Crippen molar-refractivity contribution in [2.75, 3.05) is 0 Å². The van der Waals surface area contributed by atoms with Crippen molar-refractivity contribution in [2.24, 2.45) is 5.92 Å². The van der Waals surface area contributed by atoms with Crippen LogP contribution in [0, 0.1) is 12.8 Å². The van der Waals surface area contributed by atoms with E-state index in [-0.39, 0.29) is 16.6 Å². The Kier molecular flexibility index (Phi) is 4.09. The molecule has 0 amide bonds. The maximum absolute atomic E-state index is 15.1. The van der Waals surface area contributed by atoms with Crippen LogP contribution >= 0.6 is 0 Å². The molecule has 1 fully saturated rings. The molecule has 1 saturated carbocycles. The van der Waals surface area contributed by atoms with Crippen LogP contribution in [0.5, 0.6) is 0 Å². The second kappa shape index (κ2) is 6.04. The summed E-state index contributed by atoms with van der Waals surface area (Å²) in [6, 6.07) is 3.57. The number of halogens is 4. The van der Waals surface area contributed by atoms with E-state index in [2.05, 4.69) is 0 Å².